The average Bonchev–Trinajstić information content (AvgIpc) is 3.27. The van der Waals surface area contributed by atoms with Crippen LogP contribution in [0.1, 0.15) is 70.9 Å². The van der Waals surface area contributed by atoms with Crippen LogP contribution in [0.25, 0.3) is 0 Å². The molecule has 5 rings (SSSR count). The Morgan fingerprint density at radius 1 is 0.815 bits per heavy atom. The Hall–Kier alpha value is -2.00. The Morgan fingerprint density at radius 2 is 1.43 bits per heavy atom. The van der Waals surface area contributed by atoms with Crippen molar-refractivity contribution in [3.8, 4) is 0 Å². The lowest BCUT2D eigenvalue weighted by Gasteiger charge is -2.49. The average molecular weight is 807 g/mol. The summed E-state index contributed by atoms with van der Waals surface area (Å²) in [5.41, 5.74) is -4.39. The molecule has 0 aromatic heterocycles. The molecule has 3 saturated heterocycles. The summed E-state index contributed by atoms with van der Waals surface area (Å²) < 4.78 is 125. The number of hydrogen-bond donors (Lipinski definition) is 0. The van der Waals surface area contributed by atoms with E-state index in [0.29, 0.717) is 45.5 Å². The van der Waals surface area contributed by atoms with E-state index in [2.05, 4.69) is 4.18 Å². The smallest absolute Gasteiger partial charge is 0.377 e. The highest BCUT2D eigenvalue weighted by Crippen LogP contribution is 2.44. The molecule has 3 aliphatic heterocycles. The van der Waals surface area contributed by atoms with Gasteiger partial charge in [0.25, 0.3) is 0 Å². The number of benzene rings is 2. The molecular weight excluding hydrogens is 754 g/mol. The second-order valence-electron chi connectivity index (χ2n) is 13.7. The number of hydrogen-bond acceptors (Lipinski definition) is 12. The van der Waals surface area contributed by atoms with Crippen LogP contribution in [0.5, 0.6) is 0 Å². The Balaban J connectivity index is 1.35. The maximum Gasteiger partial charge on any atom is 0.680 e. The zero-order valence-electron chi connectivity index (χ0n) is 31.2. The predicted octanol–water partition coefficient (Wildman–Crippen LogP) is 6.23. The van der Waals surface area contributed by atoms with Crippen LogP contribution in [0.15, 0.2) is 60.7 Å². The zero-order valence-corrected chi connectivity index (χ0v) is 33.1. The molecule has 17 heteroatoms. The minimum atomic E-state index is -5.92. The summed E-state index contributed by atoms with van der Waals surface area (Å²) >= 11 is 0. The Labute approximate surface area is 317 Å². The van der Waals surface area contributed by atoms with Crippen LogP contribution in [0.2, 0.25) is 0 Å². The lowest BCUT2D eigenvalue weighted by atomic mass is 9.84. The molecule has 0 bridgehead atoms. The van der Waals surface area contributed by atoms with Crippen molar-refractivity contribution in [2.75, 3.05) is 33.0 Å². The molecule has 2 aromatic rings. The maximum absolute atomic E-state index is 13.3. The van der Waals surface area contributed by atoms with Gasteiger partial charge in [0, 0.05) is 39.3 Å². The van der Waals surface area contributed by atoms with Gasteiger partial charge < -0.3 is 41.4 Å². The van der Waals surface area contributed by atoms with Gasteiger partial charge in [0.2, 0.25) is 0 Å². The van der Waals surface area contributed by atoms with Gasteiger partial charge in [0.15, 0.2) is 0 Å². The first-order valence-corrected chi connectivity index (χ1v) is 21.7. The minimum absolute atomic E-state index is 0.0985. The number of ether oxygens (including phenoxy) is 5. The van der Waals surface area contributed by atoms with Crippen LogP contribution in [-0.2, 0) is 68.9 Å². The summed E-state index contributed by atoms with van der Waals surface area (Å²) in [6.07, 6.45) is -2.59. The molecule has 54 heavy (non-hydrogen) atoms. The topological polar surface area (TPSA) is 126 Å². The van der Waals surface area contributed by atoms with E-state index >= 15 is 0 Å². The van der Waals surface area contributed by atoms with Crippen LogP contribution in [0, 0.1) is 0 Å². The third kappa shape index (κ3) is 11.3. The van der Waals surface area contributed by atoms with E-state index < -0.39 is 61.3 Å². The van der Waals surface area contributed by atoms with Gasteiger partial charge in [-0.3, -0.25) is 4.18 Å². The van der Waals surface area contributed by atoms with Crippen molar-refractivity contribution >= 4 is 19.2 Å². The van der Waals surface area contributed by atoms with Gasteiger partial charge in [-0.2, -0.15) is 21.6 Å². The fourth-order valence-electron chi connectivity index (χ4n) is 7.17. The molecule has 0 unspecified atom stereocenters. The first kappa shape index (κ1) is 43.1. The molecule has 0 amide bonds. The molecule has 0 spiro atoms. The SMILES string of the molecule is CCO[Si](OCC)(OCC)O[C@H]1C[C@H]2O[C@@]3(C)C[C@@H](OCc4ccccc4)[C@H](CCOCc4ccccc4)O[C@@H]3CC[C@@H]2O[C@@H]1COS(=O)(=O)C(F)(F)F. The van der Waals surface area contributed by atoms with Crippen molar-refractivity contribution < 1.29 is 67.2 Å². The molecule has 0 N–H and O–H groups in total. The molecule has 12 nitrogen and oxygen atoms in total. The Morgan fingerprint density at radius 3 is 2.02 bits per heavy atom. The first-order valence-electron chi connectivity index (χ1n) is 18.6. The number of alkyl halides is 3. The van der Waals surface area contributed by atoms with E-state index in [1.807, 2.05) is 67.6 Å². The van der Waals surface area contributed by atoms with Gasteiger partial charge in [-0.1, -0.05) is 60.7 Å². The largest absolute Gasteiger partial charge is 0.680 e. The lowest BCUT2D eigenvalue weighted by molar-refractivity contribution is -0.269. The van der Waals surface area contributed by atoms with Crippen molar-refractivity contribution in [2.24, 2.45) is 0 Å². The van der Waals surface area contributed by atoms with Crippen LogP contribution in [0.4, 0.5) is 13.2 Å². The summed E-state index contributed by atoms with van der Waals surface area (Å²) in [5, 5.41) is 0. The summed E-state index contributed by atoms with van der Waals surface area (Å²) in [6.45, 7) is 7.94. The zero-order chi connectivity index (χ0) is 38.8. The second-order valence-corrected chi connectivity index (χ2v) is 17.4. The highest BCUT2D eigenvalue weighted by molar-refractivity contribution is 7.87. The molecule has 304 valence electrons. The van der Waals surface area contributed by atoms with E-state index in [0.717, 1.165) is 11.1 Å². The molecular formula is C37H53F3O12SSi. The van der Waals surface area contributed by atoms with Gasteiger partial charge in [-0.15, -0.1) is 0 Å². The Kier molecular flexibility index (Phi) is 15.5. The normalized spacial score (nSPS) is 29.3. The van der Waals surface area contributed by atoms with Crippen molar-refractivity contribution in [3.05, 3.63) is 71.8 Å². The molecule has 3 aliphatic rings. The second kappa shape index (κ2) is 19.4. The highest BCUT2D eigenvalue weighted by Gasteiger charge is 2.56. The summed E-state index contributed by atoms with van der Waals surface area (Å²) in [4.78, 5) is 0. The predicted molar refractivity (Wildman–Crippen MR) is 191 cm³/mol. The number of fused-ring (bicyclic) bond motifs is 2. The van der Waals surface area contributed by atoms with Gasteiger partial charge >= 0.3 is 24.7 Å². The maximum atomic E-state index is 13.3. The Bertz CT molecular complexity index is 1510. The van der Waals surface area contributed by atoms with Crippen molar-refractivity contribution in [2.45, 2.75) is 127 Å². The van der Waals surface area contributed by atoms with E-state index in [-0.39, 0.29) is 44.6 Å². The highest BCUT2D eigenvalue weighted by atomic mass is 32.2. The molecule has 0 saturated carbocycles. The van der Waals surface area contributed by atoms with E-state index in [1.54, 1.807) is 20.8 Å². The van der Waals surface area contributed by atoms with Crippen molar-refractivity contribution in [1.82, 2.24) is 0 Å². The fourth-order valence-corrected chi connectivity index (χ4v) is 9.75. The lowest BCUT2D eigenvalue weighted by Crippen LogP contribution is -2.60. The van der Waals surface area contributed by atoms with Crippen molar-refractivity contribution in [1.29, 1.82) is 0 Å². The van der Waals surface area contributed by atoms with Crippen LogP contribution >= 0.6 is 0 Å². The van der Waals surface area contributed by atoms with Gasteiger partial charge in [-0.25, -0.2) is 0 Å². The number of rotatable bonds is 19. The molecule has 0 aliphatic carbocycles. The van der Waals surface area contributed by atoms with E-state index in [4.69, 9.17) is 41.4 Å². The molecule has 0 radical (unpaired) electrons. The minimum Gasteiger partial charge on any atom is -0.377 e. The molecule has 8 atom stereocenters. The van der Waals surface area contributed by atoms with E-state index in [1.165, 1.54) is 0 Å². The molecule has 3 fully saturated rings. The van der Waals surface area contributed by atoms with Crippen LogP contribution in [-0.4, -0.2) is 104 Å². The summed E-state index contributed by atoms with van der Waals surface area (Å²) in [7, 11) is -9.79. The third-order valence-corrected chi connectivity index (χ3v) is 13.2. The molecule has 2 aromatic carbocycles. The monoisotopic (exact) mass is 806 g/mol. The third-order valence-electron chi connectivity index (χ3n) is 9.71. The quantitative estimate of drug-likeness (QED) is 0.0692. The van der Waals surface area contributed by atoms with Crippen molar-refractivity contribution in [3.63, 3.8) is 0 Å². The van der Waals surface area contributed by atoms with Gasteiger partial charge in [0.05, 0.1) is 62.0 Å². The van der Waals surface area contributed by atoms with E-state index in [9.17, 15) is 21.6 Å². The van der Waals surface area contributed by atoms with Crippen LogP contribution < -0.4 is 0 Å². The van der Waals surface area contributed by atoms with Gasteiger partial charge in [-0.05, 0) is 58.1 Å². The summed E-state index contributed by atoms with van der Waals surface area (Å²) in [6, 6.07) is 19.7. The summed E-state index contributed by atoms with van der Waals surface area (Å²) in [5.74, 6) is 0. The molecule has 3 heterocycles. The standard InChI is InChI=1S/C37H53F3O12SSi/c1-5-46-54(47-6-2,48-7-3)52-32-22-31-29(49-34(32)26-45-53(41,42)37(38,39)40)18-19-35-36(4,51-31)23-33(44-25-28-16-12-9-13-17-28)30(50-35)20-21-43-24-27-14-10-8-11-15-27/h8-17,29-35H,5-7,18-26H2,1-4H3/t29-,30-,31+,32-,33+,34+,35+,36-/m0/s1. The first-order chi connectivity index (χ1) is 25.8. The van der Waals surface area contributed by atoms with Gasteiger partial charge in [0.1, 0.15) is 6.10 Å². The fraction of sp³-hybridized carbons (Fsp3) is 0.676. The number of halogens is 3. The van der Waals surface area contributed by atoms with Crippen LogP contribution in [0.3, 0.4) is 0 Å².